The summed E-state index contributed by atoms with van der Waals surface area (Å²) in [5.41, 5.74) is 0.743. The van der Waals surface area contributed by atoms with Gasteiger partial charge in [0.1, 0.15) is 23.5 Å². The van der Waals surface area contributed by atoms with Crippen LogP contribution in [0, 0.1) is 11.6 Å². The van der Waals surface area contributed by atoms with E-state index < -0.39 is 39.2 Å². The molecule has 0 spiro atoms. The van der Waals surface area contributed by atoms with E-state index in [2.05, 4.69) is 0 Å². The van der Waals surface area contributed by atoms with Crippen LogP contribution >= 0.6 is 11.3 Å². The maximum atomic E-state index is 13.6. The Balaban J connectivity index is 1.73. The zero-order valence-corrected chi connectivity index (χ0v) is 14.3. The van der Waals surface area contributed by atoms with Crippen molar-refractivity contribution in [3.05, 3.63) is 64.6 Å². The van der Waals surface area contributed by atoms with Gasteiger partial charge in [-0.15, -0.1) is 11.3 Å². The second-order valence-electron chi connectivity index (χ2n) is 5.13. The van der Waals surface area contributed by atoms with Gasteiger partial charge in [-0.3, -0.25) is 0 Å². The maximum absolute atomic E-state index is 13.6. The van der Waals surface area contributed by atoms with E-state index >= 15 is 0 Å². The van der Waals surface area contributed by atoms with Crippen LogP contribution in [0.4, 0.5) is 8.78 Å². The molecule has 0 fully saturated rings. The fourth-order valence-corrected chi connectivity index (χ4v) is 4.25. The zero-order chi connectivity index (χ0) is 18.0. The normalized spacial score (nSPS) is 13.1. The standard InChI is InChI=1S/C16H13F2NO4S2/c17-11-3-1-4-12(18)16(11)25(21,22)19-8-13(20)15-7-10(9-24-15)14-5-2-6-23-14/h1-7,9,13,19-20H,8H2. The number of thiophene rings is 1. The van der Waals surface area contributed by atoms with Gasteiger partial charge in [0.25, 0.3) is 0 Å². The topological polar surface area (TPSA) is 79.5 Å². The first-order valence-electron chi connectivity index (χ1n) is 7.12. The van der Waals surface area contributed by atoms with Crippen LogP contribution in [0.5, 0.6) is 0 Å². The molecule has 1 aromatic carbocycles. The summed E-state index contributed by atoms with van der Waals surface area (Å²) in [6.45, 7) is -0.422. The quantitative estimate of drug-likeness (QED) is 0.682. The highest BCUT2D eigenvalue weighted by molar-refractivity contribution is 7.89. The van der Waals surface area contributed by atoms with E-state index in [1.54, 1.807) is 23.6 Å². The van der Waals surface area contributed by atoms with Crippen LogP contribution in [-0.2, 0) is 10.0 Å². The zero-order valence-electron chi connectivity index (χ0n) is 12.6. The van der Waals surface area contributed by atoms with Crippen molar-refractivity contribution in [1.82, 2.24) is 4.72 Å². The molecule has 0 saturated carbocycles. The van der Waals surface area contributed by atoms with E-state index in [1.807, 2.05) is 4.72 Å². The first-order valence-corrected chi connectivity index (χ1v) is 9.49. The predicted octanol–water partition coefficient (Wildman–Crippen LogP) is 3.30. The van der Waals surface area contributed by atoms with Crippen molar-refractivity contribution in [1.29, 1.82) is 0 Å². The summed E-state index contributed by atoms with van der Waals surface area (Å²) in [4.78, 5) is -0.576. The molecule has 0 aliphatic carbocycles. The van der Waals surface area contributed by atoms with E-state index in [4.69, 9.17) is 4.42 Å². The number of aliphatic hydroxyl groups is 1. The summed E-state index contributed by atoms with van der Waals surface area (Å²) in [6, 6.07) is 7.90. The van der Waals surface area contributed by atoms with Gasteiger partial charge in [-0.2, -0.15) is 0 Å². The lowest BCUT2D eigenvalue weighted by Crippen LogP contribution is -2.29. The Labute approximate surface area is 146 Å². The smallest absolute Gasteiger partial charge is 0.246 e. The second kappa shape index (κ2) is 7.04. The molecule has 2 aromatic heterocycles. The predicted molar refractivity (Wildman–Crippen MR) is 88.5 cm³/mol. The number of hydrogen-bond acceptors (Lipinski definition) is 5. The van der Waals surface area contributed by atoms with Gasteiger partial charge in [0.2, 0.25) is 10.0 Å². The summed E-state index contributed by atoms with van der Waals surface area (Å²) in [7, 11) is -4.43. The van der Waals surface area contributed by atoms with Crippen molar-refractivity contribution in [3.63, 3.8) is 0 Å². The molecule has 0 bridgehead atoms. The molecule has 0 saturated heterocycles. The van der Waals surface area contributed by atoms with Gasteiger partial charge in [0, 0.05) is 22.4 Å². The average Bonchev–Trinajstić information content (AvgIpc) is 3.23. The van der Waals surface area contributed by atoms with Crippen LogP contribution in [0.1, 0.15) is 11.0 Å². The van der Waals surface area contributed by atoms with Crippen LogP contribution in [0.2, 0.25) is 0 Å². The molecule has 2 heterocycles. The molecule has 0 radical (unpaired) electrons. The molecule has 25 heavy (non-hydrogen) atoms. The minimum atomic E-state index is -4.43. The van der Waals surface area contributed by atoms with Crippen molar-refractivity contribution in [2.75, 3.05) is 6.54 Å². The highest BCUT2D eigenvalue weighted by atomic mass is 32.2. The van der Waals surface area contributed by atoms with Crippen molar-refractivity contribution >= 4 is 21.4 Å². The molecule has 9 heteroatoms. The van der Waals surface area contributed by atoms with Crippen LogP contribution in [-0.4, -0.2) is 20.1 Å². The highest BCUT2D eigenvalue weighted by Gasteiger charge is 2.25. The molecule has 0 aliphatic heterocycles. The van der Waals surface area contributed by atoms with Crippen LogP contribution in [0.25, 0.3) is 11.3 Å². The molecule has 132 valence electrons. The number of benzene rings is 1. The number of rotatable bonds is 6. The molecular formula is C16H13F2NO4S2. The van der Waals surface area contributed by atoms with E-state index in [1.165, 1.54) is 17.6 Å². The second-order valence-corrected chi connectivity index (χ2v) is 7.78. The largest absolute Gasteiger partial charge is 0.464 e. The summed E-state index contributed by atoms with van der Waals surface area (Å²) in [5.74, 6) is -1.78. The van der Waals surface area contributed by atoms with Gasteiger partial charge >= 0.3 is 0 Å². The third-order valence-corrected chi connectivity index (χ3v) is 5.92. The van der Waals surface area contributed by atoms with E-state index in [9.17, 15) is 22.3 Å². The Morgan fingerprint density at radius 2 is 1.92 bits per heavy atom. The maximum Gasteiger partial charge on any atom is 0.246 e. The highest BCUT2D eigenvalue weighted by Crippen LogP contribution is 2.29. The Bertz CT molecular complexity index is 948. The molecule has 3 aromatic rings. The average molecular weight is 385 g/mol. The summed E-state index contributed by atoms with van der Waals surface area (Å²) in [5, 5.41) is 11.9. The first kappa shape index (κ1) is 17.7. The van der Waals surface area contributed by atoms with Crippen LogP contribution < -0.4 is 4.72 Å². The fourth-order valence-electron chi connectivity index (χ4n) is 2.20. The minimum absolute atomic E-state index is 0.422. The molecule has 0 amide bonds. The molecule has 3 rings (SSSR count). The number of furan rings is 1. The lowest BCUT2D eigenvalue weighted by Gasteiger charge is -2.12. The Hall–Kier alpha value is -2.07. The number of nitrogens with one attached hydrogen (secondary N) is 1. The third kappa shape index (κ3) is 3.79. The fraction of sp³-hybridized carbons (Fsp3) is 0.125. The number of aliphatic hydroxyl groups excluding tert-OH is 1. The number of hydrogen-bond donors (Lipinski definition) is 2. The van der Waals surface area contributed by atoms with Gasteiger partial charge in [0.05, 0.1) is 6.26 Å². The summed E-state index contributed by atoms with van der Waals surface area (Å²) < 4.78 is 58.7. The van der Waals surface area contributed by atoms with E-state index in [-0.39, 0.29) is 0 Å². The van der Waals surface area contributed by atoms with E-state index in [0.29, 0.717) is 10.6 Å². The van der Waals surface area contributed by atoms with Crippen molar-refractivity contribution in [2.24, 2.45) is 0 Å². The van der Waals surface area contributed by atoms with Gasteiger partial charge in [-0.25, -0.2) is 21.9 Å². The van der Waals surface area contributed by atoms with Gasteiger partial charge in [-0.1, -0.05) is 6.07 Å². The van der Waals surface area contributed by atoms with Crippen molar-refractivity contribution in [2.45, 2.75) is 11.0 Å². The van der Waals surface area contributed by atoms with Crippen LogP contribution in [0.3, 0.4) is 0 Å². The van der Waals surface area contributed by atoms with Crippen molar-refractivity contribution < 1.29 is 26.7 Å². The molecule has 1 unspecified atom stereocenters. The lowest BCUT2D eigenvalue weighted by atomic mass is 10.2. The SMILES string of the molecule is O=S(=O)(NCC(O)c1cc(-c2ccco2)cs1)c1c(F)cccc1F. The number of sulfonamides is 1. The van der Waals surface area contributed by atoms with Gasteiger partial charge in [0.15, 0.2) is 4.90 Å². The lowest BCUT2D eigenvalue weighted by molar-refractivity contribution is 0.185. The number of halogens is 2. The Morgan fingerprint density at radius 1 is 1.20 bits per heavy atom. The monoisotopic (exact) mass is 385 g/mol. The van der Waals surface area contributed by atoms with Crippen LogP contribution in [0.15, 0.2) is 57.4 Å². The van der Waals surface area contributed by atoms with E-state index in [0.717, 1.165) is 23.8 Å². The molecule has 0 aliphatic rings. The third-order valence-electron chi connectivity index (χ3n) is 3.41. The molecule has 2 N–H and O–H groups in total. The van der Waals surface area contributed by atoms with Gasteiger partial charge < -0.3 is 9.52 Å². The van der Waals surface area contributed by atoms with Crippen molar-refractivity contribution in [3.8, 4) is 11.3 Å². The molecule has 5 nitrogen and oxygen atoms in total. The molecule has 1 atom stereocenters. The van der Waals surface area contributed by atoms with Gasteiger partial charge in [-0.05, 0) is 30.3 Å². The Morgan fingerprint density at radius 3 is 2.56 bits per heavy atom. The Kier molecular flexibility index (Phi) is 5.00. The summed E-state index contributed by atoms with van der Waals surface area (Å²) in [6.07, 6.45) is 0.346. The minimum Gasteiger partial charge on any atom is -0.464 e. The first-order chi connectivity index (χ1) is 11.9. The molecular weight excluding hydrogens is 372 g/mol. The summed E-state index contributed by atoms with van der Waals surface area (Å²) >= 11 is 1.22.